The molecule has 0 spiro atoms. The van der Waals surface area contributed by atoms with Gasteiger partial charge in [-0.1, -0.05) is 6.07 Å². The highest BCUT2D eigenvalue weighted by Gasteiger charge is 2.34. The second-order valence-corrected chi connectivity index (χ2v) is 3.17. The monoisotopic (exact) mass is 263 g/mol. The lowest BCUT2D eigenvalue weighted by Crippen LogP contribution is -2.24. The van der Waals surface area contributed by atoms with Crippen molar-refractivity contribution in [2.75, 3.05) is 7.11 Å². The number of rotatable bonds is 1. The van der Waals surface area contributed by atoms with Crippen molar-refractivity contribution in [3.63, 3.8) is 0 Å². The van der Waals surface area contributed by atoms with Crippen molar-refractivity contribution in [3.8, 4) is 0 Å². The Morgan fingerprint density at radius 2 is 2.00 bits per heavy atom. The second-order valence-electron chi connectivity index (χ2n) is 3.17. The SMILES string of the molecule is COC(=N)C(N)=Nc1cccc(C(F)(F)F)c1F. The molecule has 0 saturated carbocycles. The van der Waals surface area contributed by atoms with Crippen LogP contribution in [0.3, 0.4) is 0 Å². The predicted molar refractivity (Wildman–Crippen MR) is 57.4 cm³/mol. The van der Waals surface area contributed by atoms with Gasteiger partial charge in [-0.3, -0.25) is 5.41 Å². The van der Waals surface area contributed by atoms with E-state index in [9.17, 15) is 17.6 Å². The zero-order chi connectivity index (χ0) is 13.9. The standard InChI is InChI=1S/C10H9F4N3O/c1-18-9(16)8(15)17-6-4-2-3-5(7(6)11)10(12,13)14/h2-4,16H,1H3,(H2,15,17). The van der Waals surface area contributed by atoms with Gasteiger partial charge in [0.1, 0.15) is 5.69 Å². The minimum absolute atomic E-state index is 0.518. The maximum absolute atomic E-state index is 13.5. The van der Waals surface area contributed by atoms with Crippen LogP contribution in [-0.2, 0) is 10.9 Å². The Balaban J connectivity index is 3.25. The average Bonchev–Trinajstić information content (AvgIpc) is 2.29. The van der Waals surface area contributed by atoms with E-state index in [1.807, 2.05) is 0 Å². The molecule has 0 aliphatic carbocycles. The molecule has 0 unspecified atom stereocenters. The van der Waals surface area contributed by atoms with Crippen molar-refractivity contribution in [1.29, 1.82) is 5.41 Å². The van der Waals surface area contributed by atoms with Crippen molar-refractivity contribution >= 4 is 17.4 Å². The van der Waals surface area contributed by atoms with E-state index in [4.69, 9.17) is 11.1 Å². The summed E-state index contributed by atoms with van der Waals surface area (Å²) in [6.07, 6.45) is -4.82. The highest BCUT2D eigenvalue weighted by Crippen LogP contribution is 2.34. The molecule has 98 valence electrons. The van der Waals surface area contributed by atoms with E-state index in [1.54, 1.807) is 0 Å². The van der Waals surface area contributed by atoms with Gasteiger partial charge in [0, 0.05) is 0 Å². The van der Waals surface area contributed by atoms with Gasteiger partial charge in [-0.15, -0.1) is 0 Å². The number of nitrogens with zero attached hydrogens (tertiary/aromatic N) is 1. The van der Waals surface area contributed by atoms with Gasteiger partial charge in [-0.2, -0.15) is 13.2 Å². The van der Waals surface area contributed by atoms with Crippen LogP contribution in [0.25, 0.3) is 0 Å². The number of hydrogen-bond acceptors (Lipinski definition) is 3. The van der Waals surface area contributed by atoms with Crippen molar-refractivity contribution in [2.45, 2.75) is 6.18 Å². The lowest BCUT2D eigenvalue weighted by atomic mass is 10.2. The van der Waals surface area contributed by atoms with E-state index >= 15 is 0 Å². The van der Waals surface area contributed by atoms with Crippen LogP contribution < -0.4 is 5.73 Å². The van der Waals surface area contributed by atoms with Gasteiger partial charge in [0.05, 0.1) is 12.7 Å². The van der Waals surface area contributed by atoms with Gasteiger partial charge in [-0.25, -0.2) is 9.38 Å². The van der Waals surface area contributed by atoms with Crippen molar-refractivity contribution < 1.29 is 22.3 Å². The van der Waals surface area contributed by atoms with Crippen LogP contribution in [-0.4, -0.2) is 18.8 Å². The Morgan fingerprint density at radius 1 is 1.39 bits per heavy atom. The number of ether oxygens (including phenoxy) is 1. The number of halogens is 4. The lowest BCUT2D eigenvalue weighted by molar-refractivity contribution is -0.139. The van der Waals surface area contributed by atoms with E-state index in [-0.39, 0.29) is 0 Å². The van der Waals surface area contributed by atoms with Crippen LogP contribution >= 0.6 is 0 Å². The molecular weight excluding hydrogens is 254 g/mol. The molecular formula is C10H9F4N3O. The quantitative estimate of drug-likeness (QED) is 0.464. The zero-order valence-corrected chi connectivity index (χ0v) is 9.18. The van der Waals surface area contributed by atoms with Crippen LogP contribution in [0.15, 0.2) is 23.2 Å². The molecule has 0 bridgehead atoms. The Kier molecular flexibility index (Phi) is 3.89. The van der Waals surface area contributed by atoms with E-state index in [1.165, 1.54) is 0 Å². The van der Waals surface area contributed by atoms with E-state index < -0.39 is 35.0 Å². The summed E-state index contributed by atoms with van der Waals surface area (Å²) in [7, 11) is 1.13. The summed E-state index contributed by atoms with van der Waals surface area (Å²) in [6.45, 7) is 0. The summed E-state index contributed by atoms with van der Waals surface area (Å²) in [6, 6.07) is 2.60. The lowest BCUT2D eigenvalue weighted by Gasteiger charge is -2.09. The Hall–Kier alpha value is -2.12. The smallest absolute Gasteiger partial charge is 0.419 e. The number of methoxy groups -OCH3 is 1. The molecule has 0 aliphatic heterocycles. The summed E-state index contributed by atoms with van der Waals surface area (Å²) in [5, 5.41) is 7.12. The molecule has 0 radical (unpaired) electrons. The number of hydrogen-bond donors (Lipinski definition) is 2. The van der Waals surface area contributed by atoms with Crippen LogP contribution in [0.2, 0.25) is 0 Å². The molecule has 0 amide bonds. The highest BCUT2D eigenvalue weighted by molar-refractivity contribution is 6.36. The van der Waals surface area contributed by atoms with Crippen LogP contribution in [0.4, 0.5) is 23.2 Å². The maximum Gasteiger partial charge on any atom is 0.419 e. The molecule has 18 heavy (non-hydrogen) atoms. The number of nitrogens with two attached hydrogens (primary N) is 1. The Bertz CT molecular complexity index is 496. The molecule has 1 aromatic carbocycles. The minimum atomic E-state index is -4.82. The average molecular weight is 263 g/mol. The van der Waals surface area contributed by atoms with Gasteiger partial charge < -0.3 is 10.5 Å². The van der Waals surface area contributed by atoms with Crippen LogP contribution in [0, 0.1) is 11.2 Å². The maximum atomic E-state index is 13.5. The number of amidine groups is 1. The van der Waals surface area contributed by atoms with Gasteiger partial charge in [0.2, 0.25) is 5.90 Å². The zero-order valence-electron chi connectivity index (χ0n) is 9.18. The van der Waals surface area contributed by atoms with E-state index in [0.717, 1.165) is 19.2 Å². The molecule has 0 fully saturated rings. The number of aliphatic imine (C=N–C) groups is 1. The second kappa shape index (κ2) is 5.03. The first-order valence-electron chi connectivity index (χ1n) is 4.60. The third-order valence-electron chi connectivity index (χ3n) is 1.96. The summed E-state index contributed by atoms with van der Waals surface area (Å²) in [5.41, 5.74) is 3.19. The number of alkyl halides is 3. The van der Waals surface area contributed by atoms with Crippen molar-refractivity contribution in [1.82, 2.24) is 0 Å². The fraction of sp³-hybridized carbons (Fsp3) is 0.200. The highest BCUT2D eigenvalue weighted by atomic mass is 19.4. The molecule has 3 N–H and O–H groups in total. The normalized spacial score (nSPS) is 12.4. The van der Waals surface area contributed by atoms with Crippen molar-refractivity contribution in [2.24, 2.45) is 10.7 Å². The fourth-order valence-corrected chi connectivity index (χ4v) is 1.11. The Morgan fingerprint density at radius 3 is 2.50 bits per heavy atom. The van der Waals surface area contributed by atoms with Gasteiger partial charge in [0.25, 0.3) is 0 Å². The molecule has 0 aliphatic rings. The first-order chi connectivity index (χ1) is 8.27. The predicted octanol–water partition coefficient (Wildman–Crippen LogP) is 2.46. The summed E-state index contributed by atoms with van der Waals surface area (Å²) in [4.78, 5) is 3.37. The summed E-state index contributed by atoms with van der Waals surface area (Å²) in [5.74, 6) is -2.63. The molecule has 0 saturated heterocycles. The first kappa shape index (κ1) is 13.9. The number of benzene rings is 1. The van der Waals surface area contributed by atoms with Crippen molar-refractivity contribution in [3.05, 3.63) is 29.6 Å². The molecule has 0 heterocycles. The number of nitrogens with one attached hydrogen (secondary N) is 1. The van der Waals surface area contributed by atoms with E-state index in [2.05, 4.69) is 9.73 Å². The first-order valence-corrected chi connectivity index (χ1v) is 4.60. The van der Waals surface area contributed by atoms with Crippen LogP contribution in [0.1, 0.15) is 5.56 Å². The summed E-state index contributed by atoms with van der Waals surface area (Å²) >= 11 is 0. The van der Waals surface area contributed by atoms with Gasteiger partial charge in [-0.05, 0) is 12.1 Å². The molecule has 0 atom stereocenters. The molecule has 4 nitrogen and oxygen atoms in total. The van der Waals surface area contributed by atoms with E-state index in [0.29, 0.717) is 6.07 Å². The van der Waals surface area contributed by atoms with Gasteiger partial charge in [0.15, 0.2) is 11.7 Å². The third-order valence-corrected chi connectivity index (χ3v) is 1.96. The fourth-order valence-electron chi connectivity index (χ4n) is 1.11. The topological polar surface area (TPSA) is 71.5 Å². The third kappa shape index (κ3) is 2.96. The molecule has 8 heteroatoms. The van der Waals surface area contributed by atoms with Crippen LogP contribution in [0.5, 0.6) is 0 Å². The largest absolute Gasteiger partial charge is 0.479 e. The minimum Gasteiger partial charge on any atom is -0.479 e. The molecule has 1 rings (SSSR count). The molecule has 1 aromatic rings. The summed E-state index contributed by atoms with van der Waals surface area (Å²) < 4.78 is 55.1. The van der Waals surface area contributed by atoms with Gasteiger partial charge >= 0.3 is 6.18 Å². The Labute approximate surface area is 99.6 Å². The molecule has 0 aromatic heterocycles.